The Morgan fingerprint density at radius 2 is 1.59 bits per heavy atom. The lowest BCUT2D eigenvalue weighted by atomic mass is 9.86. The van der Waals surface area contributed by atoms with Crippen LogP contribution in [0.25, 0.3) is 0 Å². The summed E-state index contributed by atoms with van der Waals surface area (Å²) in [5.41, 5.74) is 3.27. The summed E-state index contributed by atoms with van der Waals surface area (Å²) in [5.74, 6) is 1.12. The molecule has 2 unspecified atom stereocenters. The second kappa shape index (κ2) is 11.3. The molecule has 1 aromatic heterocycles. The standard InChI is InChI=1S/C29H39N5O3/c1-19-27(20(2)31-18-30-19)29(37)34-16-23-14-33(15-24(23)17-34)13-12-26(21-6-4-3-5-7-21)32-28(36)22-8-10-25(35)11-9-22/h3-7,18,22-26,35H,8-17H2,1-2H3,(H,32,36)/t22?,23-,24?,25?,26?/m0/s1. The summed E-state index contributed by atoms with van der Waals surface area (Å²) in [6.07, 6.45) is 5.04. The fourth-order valence-corrected chi connectivity index (χ4v) is 6.45. The predicted molar refractivity (Wildman–Crippen MR) is 141 cm³/mol. The van der Waals surface area contributed by atoms with Crippen LogP contribution in [-0.4, -0.2) is 75.5 Å². The molecule has 8 nitrogen and oxygen atoms in total. The number of nitrogens with zero attached hydrogens (tertiary/aromatic N) is 4. The summed E-state index contributed by atoms with van der Waals surface area (Å²) in [7, 11) is 0. The number of carbonyl (C=O) groups is 2. The van der Waals surface area contributed by atoms with Gasteiger partial charge in [-0.25, -0.2) is 9.97 Å². The molecule has 0 bridgehead atoms. The Hall–Kier alpha value is -2.84. The fraction of sp³-hybridized carbons (Fsp3) is 0.586. The molecule has 37 heavy (non-hydrogen) atoms. The Balaban J connectivity index is 1.16. The van der Waals surface area contributed by atoms with Crippen molar-refractivity contribution < 1.29 is 14.7 Å². The predicted octanol–water partition coefficient (Wildman–Crippen LogP) is 2.90. The minimum Gasteiger partial charge on any atom is -0.393 e. The summed E-state index contributed by atoms with van der Waals surface area (Å²) in [4.78, 5) is 39.2. The Bertz CT molecular complexity index is 1070. The van der Waals surface area contributed by atoms with Gasteiger partial charge in [0.25, 0.3) is 5.91 Å². The van der Waals surface area contributed by atoms with Gasteiger partial charge in [-0.05, 0) is 63.4 Å². The van der Waals surface area contributed by atoms with Crippen LogP contribution in [0.15, 0.2) is 36.7 Å². The van der Waals surface area contributed by atoms with Crippen LogP contribution >= 0.6 is 0 Å². The third-order valence-corrected chi connectivity index (χ3v) is 8.61. The molecule has 198 valence electrons. The van der Waals surface area contributed by atoms with Gasteiger partial charge in [0.1, 0.15) is 6.33 Å². The summed E-state index contributed by atoms with van der Waals surface area (Å²) >= 11 is 0. The van der Waals surface area contributed by atoms with E-state index in [9.17, 15) is 14.7 Å². The molecule has 1 saturated carbocycles. The van der Waals surface area contributed by atoms with Crippen molar-refractivity contribution in [2.75, 3.05) is 32.7 Å². The maximum atomic E-state index is 13.2. The van der Waals surface area contributed by atoms with E-state index >= 15 is 0 Å². The molecule has 8 heteroatoms. The van der Waals surface area contributed by atoms with Crippen LogP contribution in [0.1, 0.15) is 65.5 Å². The number of aliphatic hydroxyl groups is 1. The van der Waals surface area contributed by atoms with Crippen molar-refractivity contribution in [2.24, 2.45) is 17.8 Å². The second-order valence-corrected chi connectivity index (χ2v) is 11.2. The highest BCUT2D eigenvalue weighted by molar-refractivity contribution is 5.96. The molecule has 2 saturated heterocycles. The number of nitrogens with one attached hydrogen (secondary N) is 1. The number of rotatable bonds is 7. The minimum absolute atomic E-state index is 0.00781. The lowest BCUT2D eigenvalue weighted by Gasteiger charge is -2.28. The van der Waals surface area contributed by atoms with Gasteiger partial charge in [0.2, 0.25) is 5.91 Å². The molecule has 2 aromatic rings. The second-order valence-electron chi connectivity index (χ2n) is 11.2. The van der Waals surface area contributed by atoms with Crippen molar-refractivity contribution in [2.45, 2.75) is 58.1 Å². The molecule has 3 fully saturated rings. The van der Waals surface area contributed by atoms with Gasteiger partial charge in [-0.15, -0.1) is 0 Å². The highest BCUT2D eigenvalue weighted by atomic mass is 16.3. The Kier molecular flexibility index (Phi) is 7.86. The first-order valence-corrected chi connectivity index (χ1v) is 13.7. The van der Waals surface area contributed by atoms with Crippen LogP contribution < -0.4 is 5.32 Å². The first-order valence-electron chi connectivity index (χ1n) is 13.7. The third-order valence-electron chi connectivity index (χ3n) is 8.61. The summed E-state index contributed by atoms with van der Waals surface area (Å²) < 4.78 is 0. The van der Waals surface area contributed by atoms with Gasteiger partial charge < -0.3 is 20.2 Å². The smallest absolute Gasteiger partial charge is 0.257 e. The van der Waals surface area contributed by atoms with Gasteiger partial charge >= 0.3 is 0 Å². The molecular formula is C29H39N5O3. The van der Waals surface area contributed by atoms with Crippen molar-refractivity contribution in [1.82, 2.24) is 25.1 Å². The molecule has 2 amide bonds. The molecule has 1 aromatic carbocycles. The number of hydrogen-bond acceptors (Lipinski definition) is 6. The van der Waals surface area contributed by atoms with E-state index in [-0.39, 0.29) is 29.9 Å². The van der Waals surface area contributed by atoms with E-state index < -0.39 is 0 Å². The Labute approximate surface area is 219 Å². The maximum Gasteiger partial charge on any atom is 0.257 e. The molecular weight excluding hydrogens is 466 g/mol. The van der Waals surface area contributed by atoms with Crippen molar-refractivity contribution in [1.29, 1.82) is 0 Å². The lowest BCUT2D eigenvalue weighted by molar-refractivity contribution is -0.127. The van der Waals surface area contributed by atoms with Crippen LogP contribution in [0.4, 0.5) is 0 Å². The number of carbonyl (C=O) groups excluding carboxylic acids is 2. The Morgan fingerprint density at radius 1 is 0.973 bits per heavy atom. The third kappa shape index (κ3) is 5.85. The van der Waals surface area contributed by atoms with Gasteiger partial charge in [-0.2, -0.15) is 0 Å². The molecule has 2 N–H and O–H groups in total. The highest BCUT2D eigenvalue weighted by Crippen LogP contribution is 2.33. The zero-order valence-corrected chi connectivity index (χ0v) is 22.0. The van der Waals surface area contributed by atoms with Crippen molar-refractivity contribution in [3.8, 4) is 0 Å². The number of aryl methyl sites for hydroxylation is 2. The van der Waals surface area contributed by atoms with Crippen LogP contribution in [0.2, 0.25) is 0 Å². The fourth-order valence-electron chi connectivity index (χ4n) is 6.45. The molecule has 0 radical (unpaired) electrons. The van der Waals surface area contributed by atoms with Gasteiger partial charge in [0.15, 0.2) is 0 Å². The van der Waals surface area contributed by atoms with Gasteiger partial charge in [0, 0.05) is 38.6 Å². The normalized spacial score (nSPS) is 26.6. The number of likely N-dealkylation sites (tertiary alicyclic amines) is 2. The average molecular weight is 506 g/mol. The first-order chi connectivity index (χ1) is 17.9. The van der Waals surface area contributed by atoms with E-state index in [1.807, 2.05) is 36.9 Å². The van der Waals surface area contributed by atoms with E-state index in [2.05, 4.69) is 32.3 Å². The lowest BCUT2D eigenvalue weighted by Crippen LogP contribution is -2.38. The molecule has 0 spiro atoms. The van der Waals surface area contributed by atoms with E-state index in [1.165, 1.54) is 6.33 Å². The zero-order chi connectivity index (χ0) is 25.9. The molecule has 3 heterocycles. The van der Waals surface area contributed by atoms with Crippen LogP contribution in [0.5, 0.6) is 0 Å². The van der Waals surface area contributed by atoms with E-state index in [0.717, 1.165) is 68.9 Å². The minimum atomic E-state index is -0.260. The molecule has 5 rings (SSSR count). The van der Waals surface area contributed by atoms with Gasteiger partial charge in [-0.3, -0.25) is 9.59 Å². The van der Waals surface area contributed by atoms with E-state index in [4.69, 9.17) is 0 Å². The van der Waals surface area contributed by atoms with Crippen molar-refractivity contribution >= 4 is 11.8 Å². The monoisotopic (exact) mass is 505 g/mol. The number of benzene rings is 1. The molecule has 3 aliphatic rings. The first kappa shape index (κ1) is 25.8. The topological polar surface area (TPSA) is 98.7 Å². The molecule has 2 aliphatic heterocycles. The number of amides is 2. The average Bonchev–Trinajstić information content (AvgIpc) is 3.46. The van der Waals surface area contributed by atoms with E-state index in [0.29, 0.717) is 30.2 Å². The SMILES string of the molecule is Cc1ncnc(C)c1C(=O)N1CC2CN(CCC(NC(=O)C3CCC(O)CC3)c3ccccc3)C[C@H]2C1. The van der Waals surface area contributed by atoms with Crippen molar-refractivity contribution in [3.05, 3.63) is 59.2 Å². The van der Waals surface area contributed by atoms with Crippen LogP contribution in [0.3, 0.4) is 0 Å². The maximum absolute atomic E-state index is 13.2. The zero-order valence-electron chi connectivity index (χ0n) is 22.0. The molecule has 1 aliphatic carbocycles. The number of hydrogen-bond donors (Lipinski definition) is 2. The van der Waals surface area contributed by atoms with Gasteiger partial charge in [-0.1, -0.05) is 30.3 Å². The number of aliphatic hydroxyl groups excluding tert-OH is 1. The van der Waals surface area contributed by atoms with Crippen LogP contribution in [0, 0.1) is 31.6 Å². The summed E-state index contributed by atoms with van der Waals surface area (Å²) in [6, 6.07) is 10.2. The Morgan fingerprint density at radius 3 is 2.22 bits per heavy atom. The van der Waals surface area contributed by atoms with E-state index in [1.54, 1.807) is 0 Å². The number of fused-ring (bicyclic) bond motifs is 1. The summed E-state index contributed by atoms with van der Waals surface area (Å²) in [5, 5.41) is 13.1. The molecule has 3 atom stereocenters. The van der Waals surface area contributed by atoms with Crippen LogP contribution in [-0.2, 0) is 4.79 Å². The largest absolute Gasteiger partial charge is 0.393 e. The van der Waals surface area contributed by atoms with Crippen molar-refractivity contribution in [3.63, 3.8) is 0 Å². The summed E-state index contributed by atoms with van der Waals surface area (Å²) in [6.45, 7) is 8.18. The highest BCUT2D eigenvalue weighted by Gasteiger charge is 2.42. The number of aromatic nitrogens is 2. The quantitative estimate of drug-likeness (QED) is 0.601. The van der Waals surface area contributed by atoms with Gasteiger partial charge in [0.05, 0.1) is 29.1 Å².